The van der Waals surface area contributed by atoms with E-state index < -0.39 is 17.8 Å². The molecular formula is C15H26NO4-. The SMILES string of the molecule is CCCCOCCCNC(=O)[C@@H]1CCCC[C@H]1C(=O)[O-]. The average molecular weight is 284 g/mol. The van der Waals surface area contributed by atoms with Gasteiger partial charge in [0, 0.05) is 37.6 Å². The van der Waals surface area contributed by atoms with Gasteiger partial charge in [-0.3, -0.25) is 4.79 Å². The lowest BCUT2D eigenvalue weighted by atomic mass is 9.79. The molecule has 0 aliphatic heterocycles. The van der Waals surface area contributed by atoms with Crippen molar-refractivity contribution < 1.29 is 19.4 Å². The molecule has 116 valence electrons. The molecule has 0 heterocycles. The number of unbranched alkanes of at least 4 members (excludes halogenated alkanes) is 1. The third-order valence-electron chi connectivity index (χ3n) is 3.81. The number of carbonyl (C=O) groups is 2. The van der Waals surface area contributed by atoms with E-state index >= 15 is 0 Å². The molecule has 1 saturated carbocycles. The predicted octanol–water partition coefficient (Wildman–Crippen LogP) is 0.866. The fraction of sp³-hybridized carbons (Fsp3) is 0.867. The van der Waals surface area contributed by atoms with Crippen molar-refractivity contribution in [1.82, 2.24) is 5.32 Å². The number of hydrogen-bond acceptors (Lipinski definition) is 4. The molecule has 1 aliphatic carbocycles. The van der Waals surface area contributed by atoms with Crippen molar-refractivity contribution in [3.63, 3.8) is 0 Å². The van der Waals surface area contributed by atoms with Crippen LogP contribution in [0.25, 0.3) is 0 Å². The minimum atomic E-state index is -1.09. The zero-order valence-corrected chi connectivity index (χ0v) is 12.4. The van der Waals surface area contributed by atoms with Crippen molar-refractivity contribution in [1.29, 1.82) is 0 Å². The van der Waals surface area contributed by atoms with Crippen LogP contribution in [0.5, 0.6) is 0 Å². The third-order valence-corrected chi connectivity index (χ3v) is 3.81. The predicted molar refractivity (Wildman–Crippen MR) is 73.8 cm³/mol. The molecule has 0 radical (unpaired) electrons. The summed E-state index contributed by atoms with van der Waals surface area (Å²) in [5, 5.41) is 13.9. The Morgan fingerprint density at radius 2 is 1.80 bits per heavy atom. The van der Waals surface area contributed by atoms with Gasteiger partial charge in [0.1, 0.15) is 0 Å². The first-order valence-electron chi connectivity index (χ1n) is 7.73. The first kappa shape index (κ1) is 17.0. The van der Waals surface area contributed by atoms with Crippen LogP contribution in [0.1, 0.15) is 51.9 Å². The molecule has 1 N–H and O–H groups in total. The molecule has 5 heteroatoms. The van der Waals surface area contributed by atoms with Crippen LogP contribution in [0, 0.1) is 11.8 Å². The Morgan fingerprint density at radius 1 is 1.15 bits per heavy atom. The van der Waals surface area contributed by atoms with E-state index in [0.717, 1.165) is 38.7 Å². The maximum absolute atomic E-state index is 12.0. The van der Waals surface area contributed by atoms with Crippen molar-refractivity contribution in [2.24, 2.45) is 11.8 Å². The summed E-state index contributed by atoms with van der Waals surface area (Å²) in [6, 6.07) is 0. The summed E-state index contributed by atoms with van der Waals surface area (Å²) in [7, 11) is 0. The summed E-state index contributed by atoms with van der Waals surface area (Å²) in [6.07, 6.45) is 5.93. The Balaban J connectivity index is 2.19. The molecule has 0 spiro atoms. The lowest BCUT2D eigenvalue weighted by Gasteiger charge is -2.31. The minimum absolute atomic E-state index is 0.146. The normalized spacial score (nSPS) is 22.4. The van der Waals surface area contributed by atoms with E-state index in [-0.39, 0.29) is 5.91 Å². The van der Waals surface area contributed by atoms with Crippen molar-refractivity contribution in [3.8, 4) is 0 Å². The Bertz CT molecular complexity index is 306. The second-order valence-electron chi connectivity index (χ2n) is 5.43. The molecule has 1 fully saturated rings. The van der Waals surface area contributed by atoms with Gasteiger partial charge in [-0.1, -0.05) is 26.2 Å². The highest BCUT2D eigenvalue weighted by molar-refractivity contribution is 5.84. The zero-order valence-electron chi connectivity index (χ0n) is 12.4. The molecule has 0 unspecified atom stereocenters. The standard InChI is InChI=1S/C15H27NO4/c1-2-3-10-20-11-6-9-16-14(17)12-7-4-5-8-13(12)15(18)19/h12-13H,2-11H2,1H3,(H,16,17)(H,18,19)/p-1/t12-,13-/m1/s1. The van der Waals surface area contributed by atoms with Crippen LogP contribution in [0.2, 0.25) is 0 Å². The van der Waals surface area contributed by atoms with Gasteiger partial charge in [0.2, 0.25) is 5.91 Å². The maximum atomic E-state index is 12.0. The molecule has 1 amide bonds. The van der Waals surface area contributed by atoms with Crippen molar-refractivity contribution in [2.45, 2.75) is 51.9 Å². The highest BCUT2D eigenvalue weighted by Gasteiger charge is 2.31. The van der Waals surface area contributed by atoms with E-state index in [4.69, 9.17) is 4.74 Å². The summed E-state index contributed by atoms with van der Waals surface area (Å²) in [5.41, 5.74) is 0. The molecule has 0 aromatic rings. The topological polar surface area (TPSA) is 78.5 Å². The van der Waals surface area contributed by atoms with Gasteiger partial charge < -0.3 is 20.0 Å². The number of hydrogen-bond donors (Lipinski definition) is 1. The highest BCUT2D eigenvalue weighted by Crippen LogP contribution is 2.29. The van der Waals surface area contributed by atoms with Gasteiger partial charge in [-0.15, -0.1) is 0 Å². The number of aliphatic carboxylic acids is 1. The molecule has 1 rings (SSSR count). The Hall–Kier alpha value is -1.10. The highest BCUT2D eigenvalue weighted by atomic mass is 16.5. The fourth-order valence-corrected chi connectivity index (χ4v) is 2.59. The molecule has 0 aromatic carbocycles. The number of carbonyl (C=O) groups excluding carboxylic acids is 2. The molecule has 0 aromatic heterocycles. The second kappa shape index (κ2) is 9.75. The van der Waals surface area contributed by atoms with Gasteiger partial charge >= 0.3 is 0 Å². The first-order valence-corrected chi connectivity index (χ1v) is 7.73. The number of carboxylic acids is 1. The van der Waals surface area contributed by atoms with E-state index in [9.17, 15) is 14.7 Å². The number of ether oxygens (including phenoxy) is 1. The lowest BCUT2D eigenvalue weighted by molar-refractivity contribution is -0.314. The van der Waals surface area contributed by atoms with Gasteiger partial charge in [-0.05, 0) is 25.7 Å². The number of carboxylic acid groups (broad SMARTS) is 1. The zero-order chi connectivity index (χ0) is 14.8. The molecule has 0 saturated heterocycles. The van der Waals surface area contributed by atoms with Crippen LogP contribution in [-0.4, -0.2) is 31.6 Å². The smallest absolute Gasteiger partial charge is 0.223 e. The Morgan fingerprint density at radius 3 is 2.45 bits per heavy atom. The molecule has 20 heavy (non-hydrogen) atoms. The second-order valence-corrected chi connectivity index (χ2v) is 5.43. The van der Waals surface area contributed by atoms with Gasteiger partial charge in [-0.2, -0.15) is 0 Å². The minimum Gasteiger partial charge on any atom is -0.550 e. The van der Waals surface area contributed by atoms with E-state index in [1.54, 1.807) is 0 Å². The monoisotopic (exact) mass is 284 g/mol. The Labute approximate surface area is 121 Å². The van der Waals surface area contributed by atoms with Crippen LogP contribution in [-0.2, 0) is 14.3 Å². The molecular weight excluding hydrogens is 258 g/mol. The van der Waals surface area contributed by atoms with Crippen LogP contribution in [0.4, 0.5) is 0 Å². The molecule has 1 aliphatic rings. The fourth-order valence-electron chi connectivity index (χ4n) is 2.59. The summed E-state index contributed by atoms with van der Waals surface area (Å²) in [6.45, 7) is 4.05. The first-order chi connectivity index (χ1) is 9.66. The van der Waals surface area contributed by atoms with Crippen LogP contribution >= 0.6 is 0 Å². The Kier molecular flexibility index (Phi) is 8.26. The van der Waals surface area contributed by atoms with Gasteiger partial charge in [0.05, 0.1) is 0 Å². The molecule has 5 nitrogen and oxygen atoms in total. The molecule has 0 bridgehead atoms. The summed E-state index contributed by atoms with van der Waals surface area (Å²) in [5.74, 6) is -2.28. The van der Waals surface area contributed by atoms with E-state index in [0.29, 0.717) is 26.0 Å². The third kappa shape index (κ3) is 5.90. The van der Waals surface area contributed by atoms with Gasteiger partial charge in [-0.25, -0.2) is 0 Å². The van der Waals surface area contributed by atoms with Gasteiger partial charge in [0.25, 0.3) is 0 Å². The van der Waals surface area contributed by atoms with Crippen LogP contribution < -0.4 is 10.4 Å². The largest absolute Gasteiger partial charge is 0.550 e. The number of amides is 1. The van der Waals surface area contributed by atoms with Crippen molar-refractivity contribution >= 4 is 11.9 Å². The summed E-state index contributed by atoms with van der Waals surface area (Å²) >= 11 is 0. The van der Waals surface area contributed by atoms with Gasteiger partial charge in [0.15, 0.2) is 0 Å². The quantitative estimate of drug-likeness (QED) is 0.637. The van der Waals surface area contributed by atoms with E-state index in [1.807, 2.05) is 0 Å². The van der Waals surface area contributed by atoms with E-state index in [1.165, 1.54) is 0 Å². The summed E-state index contributed by atoms with van der Waals surface area (Å²) < 4.78 is 5.41. The maximum Gasteiger partial charge on any atom is 0.223 e. The summed E-state index contributed by atoms with van der Waals surface area (Å²) in [4.78, 5) is 23.0. The van der Waals surface area contributed by atoms with Crippen molar-refractivity contribution in [3.05, 3.63) is 0 Å². The van der Waals surface area contributed by atoms with E-state index in [2.05, 4.69) is 12.2 Å². The number of nitrogens with one attached hydrogen (secondary N) is 1. The molecule has 2 atom stereocenters. The van der Waals surface area contributed by atoms with Crippen LogP contribution in [0.15, 0.2) is 0 Å². The van der Waals surface area contributed by atoms with Crippen molar-refractivity contribution in [2.75, 3.05) is 19.8 Å². The lowest BCUT2D eigenvalue weighted by Crippen LogP contribution is -2.44. The average Bonchev–Trinajstić information content (AvgIpc) is 2.46. The van der Waals surface area contributed by atoms with Crippen LogP contribution in [0.3, 0.4) is 0 Å². The number of rotatable bonds is 9.